The van der Waals surface area contributed by atoms with E-state index in [1.165, 1.54) is 0 Å². The third-order valence-corrected chi connectivity index (χ3v) is 0. The molecule has 0 spiro atoms. The second-order valence-corrected chi connectivity index (χ2v) is 3.13. The van der Waals surface area contributed by atoms with Gasteiger partial charge in [0, 0.05) is 10.7 Å². The molecule has 0 aromatic heterocycles. The Hall–Kier alpha value is 0.270. The Kier molecular flexibility index (Phi) is 1.22. The van der Waals surface area contributed by atoms with Crippen LogP contribution in [0.2, 0.25) is 0 Å². The summed E-state index contributed by atoms with van der Waals surface area (Å²) in [7, 11) is 1.31. The average molecular weight is 115 g/mol. The zero-order chi connectivity index (χ0) is 4.50. The van der Waals surface area contributed by atoms with Crippen LogP contribution in [-0.2, 0) is 9.02 Å². The maximum Gasteiger partial charge on any atom is 0.160 e. The van der Waals surface area contributed by atoms with E-state index < -0.39 is 9.02 Å². The Morgan fingerprint density at radius 1 is 2.00 bits per heavy atom. The standard InChI is InChI=1S/CH3ClO2S/c1-5(2,3)4/h1H2,(H,3,4). The molecule has 1 atom stereocenters. The Morgan fingerprint density at radius 2 is 2.00 bits per heavy atom. The van der Waals surface area contributed by atoms with Crippen LogP contribution in [0.1, 0.15) is 0 Å². The topological polar surface area (TPSA) is 37.3 Å². The van der Waals surface area contributed by atoms with Crippen LogP contribution in [-0.4, -0.2) is 14.6 Å². The summed E-state index contributed by atoms with van der Waals surface area (Å²) < 4.78 is 17.1. The van der Waals surface area contributed by atoms with Crippen molar-refractivity contribution in [1.29, 1.82) is 0 Å². The van der Waals surface area contributed by atoms with E-state index in [0.717, 1.165) is 0 Å². The number of rotatable bonds is 0. The van der Waals surface area contributed by atoms with Crippen molar-refractivity contribution >= 4 is 25.6 Å². The highest BCUT2D eigenvalue weighted by Crippen LogP contribution is 1.82. The molecular weight excluding hydrogens is 112 g/mol. The van der Waals surface area contributed by atoms with E-state index in [-0.39, 0.29) is 0 Å². The van der Waals surface area contributed by atoms with E-state index in [2.05, 4.69) is 16.6 Å². The first kappa shape index (κ1) is 5.27. The van der Waals surface area contributed by atoms with Crippen molar-refractivity contribution in [1.82, 2.24) is 0 Å². The molecule has 0 aromatic carbocycles. The van der Waals surface area contributed by atoms with Gasteiger partial charge in [-0.3, -0.25) is 0 Å². The van der Waals surface area contributed by atoms with Crippen molar-refractivity contribution < 1.29 is 8.76 Å². The lowest BCUT2D eigenvalue weighted by molar-refractivity contribution is 0.576. The highest BCUT2D eigenvalue weighted by Gasteiger charge is 1.76. The molecule has 0 rings (SSSR count). The second-order valence-electron chi connectivity index (χ2n) is 0.563. The normalized spacial score (nSPS) is 21.2. The van der Waals surface area contributed by atoms with Gasteiger partial charge < -0.3 is 4.55 Å². The van der Waals surface area contributed by atoms with Gasteiger partial charge in [0.15, 0.2) is 9.02 Å². The molecule has 0 aliphatic carbocycles. The van der Waals surface area contributed by atoms with Crippen molar-refractivity contribution in [2.24, 2.45) is 0 Å². The monoisotopic (exact) mass is 114 g/mol. The van der Waals surface area contributed by atoms with E-state index in [1.54, 1.807) is 0 Å². The van der Waals surface area contributed by atoms with Crippen molar-refractivity contribution in [3.05, 3.63) is 0 Å². The van der Waals surface area contributed by atoms with Gasteiger partial charge in [0.05, 0.1) is 0 Å². The quantitative estimate of drug-likeness (QED) is 0.364. The summed E-state index contributed by atoms with van der Waals surface area (Å²) in [5.74, 6) is 2.62. The van der Waals surface area contributed by atoms with Gasteiger partial charge >= 0.3 is 0 Å². The fraction of sp³-hybridized carbons (Fsp3) is 0. The summed E-state index contributed by atoms with van der Waals surface area (Å²) in [5.41, 5.74) is 0. The van der Waals surface area contributed by atoms with Crippen LogP contribution < -0.4 is 0 Å². The van der Waals surface area contributed by atoms with E-state index in [1.807, 2.05) is 0 Å². The molecule has 0 aliphatic rings. The molecule has 32 valence electrons. The van der Waals surface area contributed by atoms with Crippen LogP contribution in [0, 0.1) is 0 Å². The zero-order valence-electron chi connectivity index (χ0n) is 2.35. The minimum Gasteiger partial charge on any atom is -0.302 e. The largest absolute Gasteiger partial charge is 0.302 e. The van der Waals surface area contributed by atoms with Gasteiger partial charge in [0.25, 0.3) is 0 Å². The predicted octanol–water partition coefficient (Wildman–Crippen LogP) is 0.330. The van der Waals surface area contributed by atoms with Crippen molar-refractivity contribution in [2.45, 2.75) is 0 Å². The number of hydrogen-bond acceptors (Lipinski definition) is 1. The van der Waals surface area contributed by atoms with Crippen molar-refractivity contribution in [2.75, 3.05) is 0 Å². The minimum absolute atomic E-state index is 2.62. The van der Waals surface area contributed by atoms with Crippen LogP contribution in [0.5, 0.6) is 0 Å². The molecule has 1 unspecified atom stereocenters. The van der Waals surface area contributed by atoms with Gasteiger partial charge in [0.2, 0.25) is 0 Å². The lowest BCUT2D eigenvalue weighted by Crippen LogP contribution is -1.77. The minimum atomic E-state index is -3.19. The van der Waals surface area contributed by atoms with Crippen LogP contribution in [0.3, 0.4) is 0 Å². The molecular formula is CH3ClO2S. The first-order valence-corrected chi connectivity index (χ1v) is 3.30. The Bertz CT molecular complexity index is 92.8. The molecule has 0 bridgehead atoms. The first-order valence-electron chi connectivity index (χ1n) is 0.792. The van der Waals surface area contributed by atoms with Gasteiger partial charge in [-0.15, -0.1) is 0 Å². The van der Waals surface area contributed by atoms with E-state index in [4.69, 9.17) is 4.55 Å². The maximum atomic E-state index is 9.40. The Morgan fingerprint density at radius 3 is 2.00 bits per heavy atom. The number of halogens is 1. The third-order valence-electron chi connectivity index (χ3n) is 0. The molecule has 0 aliphatic heterocycles. The summed E-state index contributed by atoms with van der Waals surface area (Å²) in [5, 5.41) is 0. The average Bonchev–Trinajstić information content (AvgIpc) is 0.722. The molecule has 5 heavy (non-hydrogen) atoms. The Labute approximate surface area is 35.1 Å². The third kappa shape index (κ3) is 302. The molecule has 2 nitrogen and oxygen atoms in total. The summed E-state index contributed by atoms with van der Waals surface area (Å²) in [6, 6.07) is 0. The second kappa shape index (κ2) is 1.16. The van der Waals surface area contributed by atoms with E-state index in [0.29, 0.717) is 0 Å². The highest BCUT2D eigenvalue weighted by molar-refractivity contribution is 8.16. The number of hydrogen-bond donors (Lipinski definition) is 1. The SMILES string of the molecule is C=S(=O)(O)Cl. The van der Waals surface area contributed by atoms with E-state index in [9.17, 15) is 4.21 Å². The summed E-state index contributed by atoms with van der Waals surface area (Å²) in [4.78, 5) is 0. The van der Waals surface area contributed by atoms with Crippen molar-refractivity contribution in [3.63, 3.8) is 0 Å². The van der Waals surface area contributed by atoms with Crippen LogP contribution in [0.15, 0.2) is 0 Å². The Balaban J connectivity index is 4.06. The predicted molar refractivity (Wildman–Crippen MR) is 23.7 cm³/mol. The van der Waals surface area contributed by atoms with Crippen LogP contribution in [0.4, 0.5) is 0 Å². The van der Waals surface area contributed by atoms with Gasteiger partial charge in [-0.05, 0) is 5.87 Å². The van der Waals surface area contributed by atoms with Crippen LogP contribution >= 0.6 is 10.7 Å². The smallest absolute Gasteiger partial charge is 0.160 e. The molecule has 0 heterocycles. The molecule has 0 saturated heterocycles. The summed E-state index contributed by atoms with van der Waals surface area (Å²) in [6.45, 7) is 0. The molecule has 0 saturated carbocycles. The van der Waals surface area contributed by atoms with Gasteiger partial charge in [0.1, 0.15) is 0 Å². The molecule has 0 fully saturated rings. The van der Waals surface area contributed by atoms with Gasteiger partial charge in [-0.2, -0.15) is 0 Å². The summed E-state index contributed by atoms with van der Waals surface area (Å²) in [6.07, 6.45) is 0. The van der Waals surface area contributed by atoms with Crippen molar-refractivity contribution in [3.8, 4) is 0 Å². The molecule has 0 aromatic rings. The van der Waals surface area contributed by atoms with Crippen LogP contribution in [0.25, 0.3) is 0 Å². The van der Waals surface area contributed by atoms with E-state index >= 15 is 0 Å². The summed E-state index contributed by atoms with van der Waals surface area (Å²) >= 11 is 0. The first-order chi connectivity index (χ1) is 2.00. The fourth-order valence-electron chi connectivity index (χ4n) is 0. The molecule has 1 N–H and O–H groups in total. The molecule has 0 amide bonds. The maximum absolute atomic E-state index is 9.40. The van der Waals surface area contributed by atoms with Gasteiger partial charge in [-0.1, -0.05) is 0 Å². The zero-order valence-corrected chi connectivity index (χ0v) is 3.92. The lowest BCUT2D eigenvalue weighted by atomic mass is 12.0. The molecule has 0 radical (unpaired) electrons. The highest BCUT2D eigenvalue weighted by atomic mass is 35.7. The fourth-order valence-corrected chi connectivity index (χ4v) is 0. The lowest BCUT2D eigenvalue weighted by Gasteiger charge is -1.73. The van der Waals surface area contributed by atoms with Gasteiger partial charge in [-0.25, -0.2) is 4.21 Å². The molecule has 4 heteroatoms.